The average Bonchev–Trinajstić information content (AvgIpc) is 2.89. The van der Waals surface area contributed by atoms with Gasteiger partial charge >= 0.3 is 0 Å². The summed E-state index contributed by atoms with van der Waals surface area (Å²) in [5, 5.41) is 2.87. The molecule has 0 bridgehead atoms. The van der Waals surface area contributed by atoms with Crippen LogP contribution in [0.15, 0.2) is 36.8 Å². The smallest absolute Gasteiger partial charge is 0.229 e. The summed E-state index contributed by atoms with van der Waals surface area (Å²) < 4.78 is 13.2. The Labute approximate surface area is 135 Å². The number of halogens is 1. The predicted octanol–water partition coefficient (Wildman–Crippen LogP) is 3.90. The zero-order valence-electron chi connectivity index (χ0n) is 13.7. The minimum absolute atomic E-state index is 0.00678. The third-order valence-corrected chi connectivity index (χ3v) is 5.34. The number of rotatable bonds is 3. The summed E-state index contributed by atoms with van der Waals surface area (Å²) in [6.07, 6.45) is 4.34. The van der Waals surface area contributed by atoms with E-state index in [0.29, 0.717) is 11.4 Å². The summed E-state index contributed by atoms with van der Waals surface area (Å²) in [4.78, 5) is 20.5. The van der Waals surface area contributed by atoms with Crippen LogP contribution in [0.5, 0.6) is 0 Å². The largest absolute Gasteiger partial charge is 0.310 e. The first kappa shape index (κ1) is 15.6. The minimum Gasteiger partial charge on any atom is -0.310 e. The maximum atomic E-state index is 13.2. The van der Waals surface area contributed by atoms with Crippen molar-refractivity contribution in [2.45, 2.75) is 27.7 Å². The maximum absolute atomic E-state index is 13.2. The van der Waals surface area contributed by atoms with E-state index in [1.54, 1.807) is 24.5 Å². The summed E-state index contributed by atoms with van der Waals surface area (Å²) in [6, 6.07) is 4.92. The Hall–Kier alpha value is -2.30. The van der Waals surface area contributed by atoms with Gasteiger partial charge in [-0.15, -0.1) is 0 Å². The molecule has 120 valence electrons. The summed E-state index contributed by atoms with van der Waals surface area (Å²) in [6.45, 7) is 8.41. The Kier molecular flexibility index (Phi) is 3.47. The second-order valence-corrected chi connectivity index (χ2v) is 7.19. The van der Waals surface area contributed by atoms with E-state index in [9.17, 15) is 9.18 Å². The van der Waals surface area contributed by atoms with Gasteiger partial charge in [0, 0.05) is 29.4 Å². The fraction of sp³-hybridized carbons (Fsp3) is 0.389. The first-order valence-electron chi connectivity index (χ1n) is 7.61. The normalized spacial score (nSPS) is 18.5. The van der Waals surface area contributed by atoms with Gasteiger partial charge in [0.2, 0.25) is 5.91 Å². The van der Waals surface area contributed by atoms with Crippen LogP contribution in [-0.4, -0.2) is 15.9 Å². The van der Waals surface area contributed by atoms with E-state index in [1.165, 1.54) is 6.07 Å². The molecule has 4 nitrogen and oxygen atoms in total. The Morgan fingerprint density at radius 1 is 1.09 bits per heavy atom. The molecule has 2 heterocycles. The summed E-state index contributed by atoms with van der Waals surface area (Å²) in [7, 11) is 0. The molecule has 1 saturated carbocycles. The molecule has 0 atom stereocenters. The lowest BCUT2D eigenvalue weighted by Crippen LogP contribution is -2.18. The van der Waals surface area contributed by atoms with Crippen molar-refractivity contribution >= 4 is 11.7 Å². The molecule has 0 aliphatic heterocycles. The highest BCUT2D eigenvalue weighted by molar-refractivity contribution is 5.95. The Morgan fingerprint density at radius 3 is 2.30 bits per heavy atom. The average molecular weight is 313 g/mol. The molecule has 0 unspecified atom stereocenters. The van der Waals surface area contributed by atoms with Crippen molar-refractivity contribution in [2.24, 2.45) is 16.7 Å². The van der Waals surface area contributed by atoms with Crippen LogP contribution < -0.4 is 5.32 Å². The van der Waals surface area contributed by atoms with Gasteiger partial charge in [0.15, 0.2) is 0 Å². The predicted molar refractivity (Wildman–Crippen MR) is 87.1 cm³/mol. The standard InChI is InChI=1S/C18H20FN3O/c1-17(2)15(18(17,3)4)16(23)22-14-6-5-11(9-21-14)12-7-13(19)10-20-8-12/h5-10,15H,1-4H3,(H,21,22,23). The van der Waals surface area contributed by atoms with E-state index in [2.05, 4.69) is 43.0 Å². The first-order chi connectivity index (χ1) is 10.7. The number of hydrogen-bond acceptors (Lipinski definition) is 3. The number of nitrogens with one attached hydrogen (secondary N) is 1. The van der Waals surface area contributed by atoms with Crippen LogP contribution in [0.25, 0.3) is 11.1 Å². The minimum atomic E-state index is -0.391. The molecule has 1 N–H and O–H groups in total. The number of aromatic nitrogens is 2. The molecule has 1 aliphatic carbocycles. The third kappa shape index (κ3) is 2.60. The zero-order valence-corrected chi connectivity index (χ0v) is 13.7. The van der Waals surface area contributed by atoms with E-state index in [0.717, 1.165) is 11.8 Å². The van der Waals surface area contributed by atoms with Crippen LogP contribution in [0.4, 0.5) is 10.2 Å². The molecule has 3 rings (SSSR count). The van der Waals surface area contributed by atoms with Gasteiger partial charge < -0.3 is 5.32 Å². The van der Waals surface area contributed by atoms with E-state index in [4.69, 9.17) is 0 Å². The first-order valence-corrected chi connectivity index (χ1v) is 7.61. The highest BCUT2D eigenvalue weighted by atomic mass is 19.1. The van der Waals surface area contributed by atoms with Gasteiger partial charge in [-0.25, -0.2) is 9.37 Å². The van der Waals surface area contributed by atoms with Crippen LogP contribution in [0.1, 0.15) is 27.7 Å². The Morgan fingerprint density at radius 2 is 1.78 bits per heavy atom. The van der Waals surface area contributed by atoms with Crippen LogP contribution in [0.3, 0.4) is 0 Å². The molecule has 23 heavy (non-hydrogen) atoms. The molecule has 0 spiro atoms. The SMILES string of the molecule is CC1(C)C(C(=O)Nc2ccc(-c3cncc(F)c3)cn2)C1(C)C. The topological polar surface area (TPSA) is 54.9 Å². The second-order valence-electron chi connectivity index (χ2n) is 7.19. The fourth-order valence-corrected chi connectivity index (χ4v) is 3.26. The number of carbonyl (C=O) groups excluding carboxylic acids is 1. The number of anilines is 1. The second kappa shape index (κ2) is 5.11. The van der Waals surface area contributed by atoms with Gasteiger partial charge in [-0.1, -0.05) is 27.7 Å². The highest BCUT2D eigenvalue weighted by Gasteiger charge is 2.68. The van der Waals surface area contributed by atoms with Crippen molar-refractivity contribution in [1.82, 2.24) is 9.97 Å². The van der Waals surface area contributed by atoms with Crippen molar-refractivity contribution in [3.63, 3.8) is 0 Å². The van der Waals surface area contributed by atoms with Crippen molar-refractivity contribution < 1.29 is 9.18 Å². The molecular weight excluding hydrogens is 293 g/mol. The Bertz CT molecular complexity index is 739. The summed E-state index contributed by atoms with van der Waals surface area (Å²) >= 11 is 0. The number of carbonyl (C=O) groups is 1. The van der Waals surface area contributed by atoms with Crippen molar-refractivity contribution in [2.75, 3.05) is 5.32 Å². The van der Waals surface area contributed by atoms with Crippen LogP contribution >= 0.6 is 0 Å². The van der Waals surface area contributed by atoms with Gasteiger partial charge in [0.1, 0.15) is 11.6 Å². The van der Waals surface area contributed by atoms with Gasteiger partial charge in [-0.05, 0) is 29.0 Å². The molecule has 2 aromatic heterocycles. The maximum Gasteiger partial charge on any atom is 0.229 e. The van der Waals surface area contributed by atoms with Crippen LogP contribution in [0, 0.1) is 22.6 Å². The van der Waals surface area contributed by atoms with E-state index in [-0.39, 0.29) is 22.7 Å². The molecule has 0 aromatic carbocycles. The number of hydrogen-bond donors (Lipinski definition) is 1. The molecule has 1 aliphatic rings. The van der Waals surface area contributed by atoms with Gasteiger partial charge in [-0.2, -0.15) is 0 Å². The number of pyridine rings is 2. The summed E-state index contributed by atoms with van der Waals surface area (Å²) in [5.74, 6) is 0.0799. The highest BCUT2D eigenvalue weighted by Crippen LogP contribution is 2.68. The van der Waals surface area contributed by atoms with Gasteiger partial charge in [-0.3, -0.25) is 9.78 Å². The lowest BCUT2D eigenvalue weighted by molar-refractivity contribution is -0.118. The van der Waals surface area contributed by atoms with Gasteiger partial charge in [0.25, 0.3) is 0 Å². The van der Waals surface area contributed by atoms with Crippen molar-refractivity contribution in [3.05, 3.63) is 42.6 Å². The lowest BCUT2D eigenvalue weighted by atomic mass is 10.0. The summed E-state index contributed by atoms with van der Waals surface area (Å²) in [5.41, 5.74) is 1.39. The van der Waals surface area contributed by atoms with Crippen molar-refractivity contribution in [3.8, 4) is 11.1 Å². The van der Waals surface area contributed by atoms with Gasteiger partial charge in [0.05, 0.1) is 6.20 Å². The monoisotopic (exact) mass is 313 g/mol. The zero-order chi connectivity index (χ0) is 16.8. The fourth-order valence-electron chi connectivity index (χ4n) is 3.26. The molecule has 0 radical (unpaired) electrons. The molecule has 1 fully saturated rings. The number of amides is 1. The Balaban J connectivity index is 1.73. The van der Waals surface area contributed by atoms with Crippen LogP contribution in [-0.2, 0) is 4.79 Å². The lowest BCUT2D eigenvalue weighted by Gasteiger charge is -2.07. The number of nitrogens with zero attached hydrogens (tertiary/aromatic N) is 2. The molecule has 0 saturated heterocycles. The molecule has 1 amide bonds. The quantitative estimate of drug-likeness (QED) is 0.935. The van der Waals surface area contributed by atoms with E-state index in [1.807, 2.05) is 0 Å². The molecular formula is C18H20FN3O. The molecule has 2 aromatic rings. The third-order valence-electron chi connectivity index (χ3n) is 5.34. The van der Waals surface area contributed by atoms with E-state index >= 15 is 0 Å². The molecule has 5 heteroatoms. The van der Waals surface area contributed by atoms with Crippen LogP contribution in [0.2, 0.25) is 0 Å². The van der Waals surface area contributed by atoms with Crippen molar-refractivity contribution in [1.29, 1.82) is 0 Å². The van der Waals surface area contributed by atoms with E-state index < -0.39 is 5.82 Å².